The van der Waals surface area contributed by atoms with E-state index in [1.54, 1.807) is 17.9 Å². The highest BCUT2D eigenvalue weighted by molar-refractivity contribution is 7.09. The molecule has 4 heterocycles. The molecule has 2 fully saturated rings. The molecule has 0 amide bonds. The summed E-state index contributed by atoms with van der Waals surface area (Å²) in [5.74, 6) is 2.84. The predicted octanol–water partition coefficient (Wildman–Crippen LogP) is 1.78. The fourth-order valence-electron chi connectivity index (χ4n) is 3.08. The van der Waals surface area contributed by atoms with Gasteiger partial charge >= 0.3 is 0 Å². The van der Waals surface area contributed by atoms with E-state index >= 15 is 0 Å². The van der Waals surface area contributed by atoms with E-state index in [4.69, 9.17) is 4.98 Å². The van der Waals surface area contributed by atoms with Gasteiger partial charge < -0.3 is 9.80 Å². The minimum atomic E-state index is 0.632. The maximum Gasteiger partial charge on any atom is 0.205 e. The minimum absolute atomic E-state index is 0.632. The Labute approximate surface area is 137 Å². The predicted molar refractivity (Wildman–Crippen MR) is 89.3 cm³/mol. The monoisotopic (exact) mass is 327 g/mol. The Bertz CT molecular complexity index is 829. The van der Waals surface area contributed by atoms with Crippen LogP contribution >= 0.6 is 11.5 Å². The second-order valence-electron chi connectivity index (χ2n) is 6.13. The highest BCUT2D eigenvalue weighted by atomic mass is 32.1. The van der Waals surface area contributed by atoms with E-state index in [-0.39, 0.29) is 0 Å². The quantitative estimate of drug-likeness (QED) is 0.731. The zero-order valence-corrected chi connectivity index (χ0v) is 13.5. The summed E-state index contributed by atoms with van der Waals surface area (Å²) in [6.45, 7) is 3.88. The highest BCUT2D eigenvalue weighted by Crippen LogP contribution is 2.39. The topological polar surface area (TPSA) is 62.5 Å². The number of aromatic nitrogens is 5. The average Bonchev–Trinajstić information content (AvgIpc) is 3.13. The number of hydrogen-bond donors (Lipinski definition) is 0. The first-order valence-electron chi connectivity index (χ1n) is 8.01. The zero-order chi connectivity index (χ0) is 15.2. The van der Waals surface area contributed by atoms with Crippen molar-refractivity contribution in [3.8, 4) is 0 Å². The number of pyridine rings is 1. The van der Waals surface area contributed by atoms with Gasteiger partial charge in [-0.3, -0.25) is 4.40 Å². The van der Waals surface area contributed by atoms with E-state index in [9.17, 15) is 0 Å². The fourth-order valence-corrected chi connectivity index (χ4v) is 3.88. The molecule has 1 aliphatic carbocycles. The summed E-state index contributed by atoms with van der Waals surface area (Å²) in [7, 11) is 0. The van der Waals surface area contributed by atoms with Crippen LogP contribution in [0.15, 0.2) is 24.5 Å². The van der Waals surface area contributed by atoms with Gasteiger partial charge in [-0.05, 0) is 25.0 Å². The Balaban J connectivity index is 1.32. The van der Waals surface area contributed by atoms with Gasteiger partial charge in [0.15, 0.2) is 5.65 Å². The van der Waals surface area contributed by atoms with Gasteiger partial charge in [0.2, 0.25) is 5.13 Å². The summed E-state index contributed by atoms with van der Waals surface area (Å²) in [6, 6.07) is 6.15. The van der Waals surface area contributed by atoms with Crippen molar-refractivity contribution in [2.24, 2.45) is 0 Å². The molecule has 0 N–H and O–H groups in total. The second kappa shape index (κ2) is 5.16. The summed E-state index contributed by atoms with van der Waals surface area (Å²) in [6.07, 6.45) is 4.30. The normalized spacial score (nSPS) is 18.8. The first kappa shape index (κ1) is 13.2. The van der Waals surface area contributed by atoms with Crippen LogP contribution in [-0.2, 0) is 0 Å². The van der Waals surface area contributed by atoms with Crippen LogP contribution in [0.1, 0.15) is 24.6 Å². The maximum absolute atomic E-state index is 4.72. The molecule has 7 nitrogen and oxygen atoms in total. The van der Waals surface area contributed by atoms with Crippen LogP contribution in [0.4, 0.5) is 10.9 Å². The fraction of sp³-hybridized carbons (Fsp3) is 0.467. The standard InChI is InChI=1S/C15H17N7S/c1-2-12-18-16-10-22(12)13(3-1)20-6-8-21(9-7-20)15-17-14(19-23-15)11-4-5-11/h1-3,10-11H,4-9H2. The number of fused-ring (bicyclic) bond motifs is 1. The van der Waals surface area contributed by atoms with Gasteiger partial charge in [0.1, 0.15) is 18.0 Å². The Morgan fingerprint density at radius 1 is 1.04 bits per heavy atom. The van der Waals surface area contributed by atoms with Crippen molar-refractivity contribution in [2.75, 3.05) is 36.0 Å². The molecule has 0 radical (unpaired) electrons. The first-order valence-corrected chi connectivity index (χ1v) is 8.78. The third-order valence-corrected chi connectivity index (χ3v) is 5.35. The van der Waals surface area contributed by atoms with Crippen LogP contribution in [0.5, 0.6) is 0 Å². The van der Waals surface area contributed by atoms with Gasteiger partial charge in [0, 0.05) is 43.6 Å². The van der Waals surface area contributed by atoms with Crippen molar-refractivity contribution in [3.05, 3.63) is 30.4 Å². The van der Waals surface area contributed by atoms with Gasteiger partial charge in [-0.15, -0.1) is 10.2 Å². The maximum atomic E-state index is 4.72. The van der Waals surface area contributed by atoms with Crippen molar-refractivity contribution in [1.82, 2.24) is 24.0 Å². The van der Waals surface area contributed by atoms with Gasteiger partial charge in [0.05, 0.1) is 0 Å². The number of nitrogens with zero attached hydrogens (tertiary/aromatic N) is 7. The van der Waals surface area contributed by atoms with Gasteiger partial charge in [-0.1, -0.05) is 6.07 Å². The molecule has 2 aliphatic rings. The van der Waals surface area contributed by atoms with Crippen LogP contribution < -0.4 is 9.80 Å². The molecule has 5 rings (SSSR count). The molecule has 3 aromatic heterocycles. The molecule has 0 unspecified atom stereocenters. The summed E-state index contributed by atoms with van der Waals surface area (Å²) in [5.41, 5.74) is 0.892. The van der Waals surface area contributed by atoms with Gasteiger partial charge in [-0.2, -0.15) is 4.37 Å². The average molecular weight is 327 g/mol. The highest BCUT2D eigenvalue weighted by Gasteiger charge is 2.29. The number of hydrogen-bond acceptors (Lipinski definition) is 7. The van der Waals surface area contributed by atoms with Crippen LogP contribution in [0.2, 0.25) is 0 Å². The number of piperazine rings is 1. The third-order valence-electron chi connectivity index (χ3n) is 4.56. The molecule has 3 aromatic rings. The van der Waals surface area contributed by atoms with E-state index < -0.39 is 0 Å². The smallest absolute Gasteiger partial charge is 0.205 e. The largest absolute Gasteiger partial charge is 0.354 e. The first-order chi connectivity index (χ1) is 11.4. The lowest BCUT2D eigenvalue weighted by Crippen LogP contribution is -2.47. The molecule has 0 atom stereocenters. The van der Waals surface area contributed by atoms with Crippen LogP contribution in [0, 0.1) is 0 Å². The molecule has 1 saturated heterocycles. The zero-order valence-electron chi connectivity index (χ0n) is 12.7. The van der Waals surface area contributed by atoms with E-state index in [0.717, 1.165) is 48.6 Å². The molecular formula is C15H17N7S. The lowest BCUT2D eigenvalue weighted by atomic mass is 10.3. The van der Waals surface area contributed by atoms with E-state index in [0.29, 0.717) is 5.92 Å². The SMILES string of the molecule is c1cc(N2CCN(c3nc(C4CC4)ns3)CC2)n2cnnc2c1. The molecule has 1 aliphatic heterocycles. The van der Waals surface area contributed by atoms with Crippen LogP contribution in [-0.4, -0.2) is 50.1 Å². The summed E-state index contributed by atoms with van der Waals surface area (Å²) < 4.78 is 6.57. The van der Waals surface area contributed by atoms with Crippen LogP contribution in [0.25, 0.3) is 5.65 Å². The van der Waals surface area contributed by atoms with E-state index in [1.165, 1.54) is 12.8 Å². The lowest BCUT2D eigenvalue weighted by Gasteiger charge is -2.35. The van der Waals surface area contributed by atoms with Crippen molar-refractivity contribution in [2.45, 2.75) is 18.8 Å². The van der Waals surface area contributed by atoms with Crippen molar-refractivity contribution in [3.63, 3.8) is 0 Å². The Hall–Kier alpha value is -2.22. The van der Waals surface area contributed by atoms with Crippen molar-refractivity contribution < 1.29 is 0 Å². The third kappa shape index (κ3) is 2.33. The second-order valence-corrected chi connectivity index (χ2v) is 6.86. The Kier molecular flexibility index (Phi) is 2.97. The summed E-state index contributed by atoms with van der Waals surface area (Å²) in [4.78, 5) is 9.46. The Morgan fingerprint density at radius 3 is 2.70 bits per heavy atom. The molecular weight excluding hydrogens is 310 g/mol. The lowest BCUT2D eigenvalue weighted by molar-refractivity contribution is 0.642. The molecule has 23 heavy (non-hydrogen) atoms. The van der Waals surface area contributed by atoms with E-state index in [1.807, 2.05) is 16.5 Å². The molecule has 0 aromatic carbocycles. The number of anilines is 2. The number of rotatable bonds is 3. The molecule has 1 saturated carbocycles. The Morgan fingerprint density at radius 2 is 1.87 bits per heavy atom. The van der Waals surface area contributed by atoms with Crippen molar-refractivity contribution in [1.29, 1.82) is 0 Å². The minimum Gasteiger partial charge on any atom is -0.354 e. The van der Waals surface area contributed by atoms with Crippen molar-refractivity contribution >= 4 is 28.1 Å². The van der Waals surface area contributed by atoms with Gasteiger partial charge in [0.25, 0.3) is 0 Å². The van der Waals surface area contributed by atoms with Crippen LogP contribution in [0.3, 0.4) is 0 Å². The van der Waals surface area contributed by atoms with E-state index in [2.05, 4.69) is 30.4 Å². The van der Waals surface area contributed by atoms with Gasteiger partial charge in [-0.25, -0.2) is 4.98 Å². The summed E-state index contributed by atoms with van der Waals surface area (Å²) >= 11 is 1.55. The molecule has 0 bridgehead atoms. The molecule has 8 heteroatoms. The molecule has 118 valence electrons. The molecule has 0 spiro atoms. The summed E-state index contributed by atoms with van der Waals surface area (Å²) in [5, 5.41) is 9.20.